The van der Waals surface area contributed by atoms with Crippen molar-refractivity contribution < 1.29 is 18.5 Å². The highest BCUT2D eigenvalue weighted by Gasteiger charge is 2.19. The van der Waals surface area contributed by atoms with Gasteiger partial charge in [0.25, 0.3) is 5.91 Å². The molecule has 0 saturated carbocycles. The van der Waals surface area contributed by atoms with Gasteiger partial charge in [-0.15, -0.1) is 0 Å². The Bertz CT molecular complexity index is 1000. The second-order valence-corrected chi connectivity index (χ2v) is 7.53. The van der Waals surface area contributed by atoms with Crippen LogP contribution in [0.4, 0.5) is 5.69 Å². The molecule has 2 aromatic heterocycles. The Morgan fingerprint density at radius 1 is 1.10 bits per heavy atom. The van der Waals surface area contributed by atoms with E-state index in [1.54, 1.807) is 33.1 Å². The number of aryl methyl sites for hydroxylation is 4. The molecule has 0 atom stereocenters. The molecule has 1 amide bonds. The van der Waals surface area contributed by atoms with E-state index in [1.165, 1.54) is 32.4 Å². The zero-order chi connectivity index (χ0) is 22.4. The molecule has 4 rings (SSSR count). The second kappa shape index (κ2) is 10.3. The van der Waals surface area contributed by atoms with Crippen molar-refractivity contribution in [3.63, 3.8) is 0 Å². The molecule has 0 unspecified atom stereocenters. The van der Waals surface area contributed by atoms with E-state index in [0.29, 0.717) is 28.8 Å². The lowest BCUT2D eigenvalue weighted by Gasteiger charge is -2.11. The Morgan fingerprint density at radius 3 is 2.32 bits per heavy atom. The number of carbonyl (C=O) groups excluding carboxylic acids is 1. The van der Waals surface area contributed by atoms with E-state index in [-0.39, 0.29) is 11.7 Å². The van der Waals surface area contributed by atoms with Crippen LogP contribution in [-0.4, -0.2) is 36.2 Å². The summed E-state index contributed by atoms with van der Waals surface area (Å²) < 4.78 is 16.0. The lowest BCUT2D eigenvalue weighted by molar-refractivity contribution is 0.0994. The molecule has 166 valence electrons. The van der Waals surface area contributed by atoms with Crippen LogP contribution < -0.4 is 15.4 Å². The van der Waals surface area contributed by atoms with Crippen molar-refractivity contribution in [1.82, 2.24) is 15.5 Å². The predicted octanol–water partition coefficient (Wildman–Crippen LogP) is 4.58. The predicted molar refractivity (Wildman–Crippen MR) is 119 cm³/mol. The van der Waals surface area contributed by atoms with Gasteiger partial charge >= 0.3 is 0 Å². The number of hydrogen-bond acceptors (Lipinski definition) is 7. The van der Waals surface area contributed by atoms with Gasteiger partial charge in [-0.3, -0.25) is 4.79 Å². The average molecular weight is 427 g/mol. The maximum Gasteiger partial charge on any atom is 0.293 e. The molecule has 1 aliphatic rings. The maximum atomic E-state index is 12.4. The Hall–Kier alpha value is -3.13. The summed E-state index contributed by atoms with van der Waals surface area (Å²) in [5.41, 5.74) is 3.55. The number of carbonyl (C=O) groups is 1. The summed E-state index contributed by atoms with van der Waals surface area (Å²) in [6.45, 7) is 9.62. The molecule has 1 saturated heterocycles. The Kier molecular flexibility index (Phi) is 7.46. The number of rotatable bonds is 4. The van der Waals surface area contributed by atoms with Crippen LogP contribution in [0.2, 0.25) is 0 Å². The summed E-state index contributed by atoms with van der Waals surface area (Å²) in [5.74, 6) is 1.65. The Labute approximate surface area is 182 Å². The smallest absolute Gasteiger partial charge is 0.293 e. The van der Waals surface area contributed by atoms with Crippen molar-refractivity contribution in [3.8, 4) is 16.9 Å². The highest BCUT2D eigenvalue weighted by molar-refractivity contribution is 6.03. The number of amides is 1. The van der Waals surface area contributed by atoms with E-state index in [0.717, 1.165) is 16.8 Å². The van der Waals surface area contributed by atoms with Crippen molar-refractivity contribution >= 4 is 11.6 Å². The van der Waals surface area contributed by atoms with Gasteiger partial charge in [0, 0.05) is 18.2 Å². The quantitative estimate of drug-likeness (QED) is 0.629. The van der Waals surface area contributed by atoms with Gasteiger partial charge in [-0.2, -0.15) is 0 Å². The summed E-state index contributed by atoms with van der Waals surface area (Å²) >= 11 is 0. The fraction of sp³-hybridized carbons (Fsp3) is 0.435. The number of benzene rings is 1. The number of methoxy groups -OCH3 is 1. The van der Waals surface area contributed by atoms with Crippen molar-refractivity contribution in [2.24, 2.45) is 0 Å². The van der Waals surface area contributed by atoms with Gasteiger partial charge in [0.2, 0.25) is 5.76 Å². The molecule has 3 heterocycles. The number of hydrogen-bond donors (Lipinski definition) is 2. The molecular formula is C23H30N4O4. The third-order valence-corrected chi connectivity index (χ3v) is 5.08. The molecule has 0 bridgehead atoms. The number of nitrogens with one attached hydrogen (secondary N) is 2. The van der Waals surface area contributed by atoms with E-state index in [2.05, 4.69) is 20.8 Å². The van der Waals surface area contributed by atoms with Crippen LogP contribution in [0.3, 0.4) is 0 Å². The zero-order valence-electron chi connectivity index (χ0n) is 18.8. The van der Waals surface area contributed by atoms with Crippen molar-refractivity contribution in [3.05, 3.63) is 47.0 Å². The van der Waals surface area contributed by atoms with Gasteiger partial charge in [0.15, 0.2) is 5.89 Å². The Balaban J connectivity index is 0.000000391. The van der Waals surface area contributed by atoms with Gasteiger partial charge in [-0.1, -0.05) is 11.6 Å². The first kappa shape index (κ1) is 22.6. The van der Waals surface area contributed by atoms with Crippen LogP contribution in [0.15, 0.2) is 27.1 Å². The highest BCUT2D eigenvalue weighted by Crippen LogP contribution is 2.36. The molecule has 1 aliphatic heterocycles. The molecule has 0 aliphatic carbocycles. The molecule has 8 heteroatoms. The monoisotopic (exact) mass is 426 g/mol. The fourth-order valence-electron chi connectivity index (χ4n) is 3.58. The third-order valence-electron chi connectivity index (χ3n) is 5.08. The van der Waals surface area contributed by atoms with Gasteiger partial charge in [-0.25, -0.2) is 4.98 Å². The topological polar surface area (TPSA) is 102 Å². The lowest BCUT2D eigenvalue weighted by Crippen LogP contribution is -2.21. The lowest BCUT2D eigenvalue weighted by atomic mass is 10.0. The van der Waals surface area contributed by atoms with Crippen molar-refractivity contribution in [2.75, 3.05) is 25.5 Å². The average Bonchev–Trinajstić information content (AvgIpc) is 3.29. The third kappa shape index (κ3) is 5.52. The summed E-state index contributed by atoms with van der Waals surface area (Å²) in [4.78, 5) is 16.5. The van der Waals surface area contributed by atoms with Crippen LogP contribution in [0, 0.1) is 27.7 Å². The van der Waals surface area contributed by atoms with E-state index < -0.39 is 0 Å². The van der Waals surface area contributed by atoms with Gasteiger partial charge in [-0.05, 0) is 64.9 Å². The summed E-state index contributed by atoms with van der Waals surface area (Å²) in [5, 5.41) is 10.1. The fourth-order valence-corrected chi connectivity index (χ4v) is 3.58. The second-order valence-electron chi connectivity index (χ2n) is 7.53. The molecule has 0 spiro atoms. The normalized spacial score (nSPS) is 13.3. The minimum absolute atomic E-state index is 0.201. The molecule has 1 aromatic carbocycles. The molecule has 0 radical (unpaired) electrons. The van der Waals surface area contributed by atoms with Crippen LogP contribution >= 0.6 is 0 Å². The summed E-state index contributed by atoms with van der Waals surface area (Å²) in [6.07, 6.45) is 4.22. The van der Waals surface area contributed by atoms with Crippen LogP contribution in [0.5, 0.6) is 5.75 Å². The Morgan fingerprint density at radius 2 is 1.84 bits per heavy atom. The molecular weight excluding hydrogens is 396 g/mol. The molecule has 31 heavy (non-hydrogen) atoms. The van der Waals surface area contributed by atoms with Gasteiger partial charge in [0.1, 0.15) is 11.5 Å². The number of ether oxygens (including phenoxy) is 1. The van der Waals surface area contributed by atoms with Crippen LogP contribution in [0.1, 0.15) is 52.9 Å². The number of nitrogens with zero attached hydrogens (tertiary/aromatic N) is 2. The number of oxazole rings is 1. The van der Waals surface area contributed by atoms with E-state index in [4.69, 9.17) is 13.7 Å². The van der Waals surface area contributed by atoms with E-state index in [9.17, 15) is 4.79 Å². The molecule has 1 fully saturated rings. The standard InChI is InChI=1S/C18H19N3O4.C5H11N/c1-9-16(11(3)25-21-9)14-8-13(6-7-15(14)23-5)20-18(22)17-10(2)19-12(4)24-17;1-2-4-6-5-3-1/h6-8H,1-5H3,(H,20,22);6H,1-5H2. The van der Waals surface area contributed by atoms with Crippen molar-refractivity contribution in [1.29, 1.82) is 0 Å². The number of piperidine rings is 1. The first-order valence-electron chi connectivity index (χ1n) is 10.5. The van der Waals surface area contributed by atoms with Crippen LogP contribution in [0.25, 0.3) is 11.1 Å². The summed E-state index contributed by atoms with van der Waals surface area (Å²) in [7, 11) is 1.59. The van der Waals surface area contributed by atoms with Crippen molar-refractivity contribution in [2.45, 2.75) is 47.0 Å². The summed E-state index contributed by atoms with van der Waals surface area (Å²) in [6, 6.07) is 5.37. The number of anilines is 1. The van der Waals surface area contributed by atoms with Gasteiger partial charge in [0.05, 0.1) is 24.1 Å². The SMILES string of the molecule is C1CCNCC1.COc1ccc(NC(=O)c2oc(C)nc2C)cc1-c1c(C)noc1C. The molecule has 2 N–H and O–H groups in total. The first-order valence-corrected chi connectivity index (χ1v) is 10.5. The van der Waals surface area contributed by atoms with Gasteiger partial charge < -0.3 is 24.3 Å². The van der Waals surface area contributed by atoms with E-state index >= 15 is 0 Å². The number of aromatic nitrogens is 2. The maximum absolute atomic E-state index is 12.4. The highest BCUT2D eigenvalue weighted by atomic mass is 16.5. The minimum atomic E-state index is -0.354. The minimum Gasteiger partial charge on any atom is -0.496 e. The largest absolute Gasteiger partial charge is 0.496 e. The van der Waals surface area contributed by atoms with Crippen LogP contribution in [-0.2, 0) is 0 Å². The van der Waals surface area contributed by atoms with E-state index in [1.807, 2.05) is 19.9 Å². The molecule has 3 aromatic rings. The zero-order valence-corrected chi connectivity index (χ0v) is 18.8. The molecule has 8 nitrogen and oxygen atoms in total. The first-order chi connectivity index (χ1) is 14.9.